The monoisotopic (exact) mass is 494 g/mol. The molecule has 0 saturated heterocycles. The summed E-state index contributed by atoms with van der Waals surface area (Å²) in [4.78, 5) is 13.1. The van der Waals surface area contributed by atoms with Crippen molar-refractivity contribution in [2.24, 2.45) is 0 Å². The average Bonchev–Trinajstić information content (AvgIpc) is 3.20. The summed E-state index contributed by atoms with van der Waals surface area (Å²) in [5.74, 6) is 0.266. The quantitative estimate of drug-likeness (QED) is 0.219. The standard InChI is InChI=1S/C27H27ClN2O3S/c1-17-15-20(13-14-23(17)32-16-24(31)33-27(2,3)4)34-26(18-9-11-19(28)12-10-18)25-21-7-5-6-8-22(21)29-30-25/h5-15,26H,16H2,1-4H3,(H,29,30). The van der Waals surface area contributed by atoms with E-state index in [0.29, 0.717) is 10.8 Å². The molecule has 0 spiro atoms. The van der Waals surface area contributed by atoms with E-state index in [1.165, 1.54) is 0 Å². The second-order valence-corrected chi connectivity index (χ2v) is 10.6. The van der Waals surface area contributed by atoms with Gasteiger partial charge < -0.3 is 9.47 Å². The first-order valence-corrected chi connectivity index (χ1v) is 12.3. The second kappa shape index (κ2) is 10.1. The predicted molar refractivity (Wildman–Crippen MR) is 138 cm³/mol. The Kier molecular flexibility index (Phi) is 7.19. The fraction of sp³-hybridized carbons (Fsp3) is 0.259. The van der Waals surface area contributed by atoms with Gasteiger partial charge in [0.1, 0.15) is 11.4 Å². The van der Waals surface area contributed by atoms with Crippen LogP contribution in [0.15, 0.2) is 71.6 Å². The molecule has 4 aromatic rings. The Morgan fingerprint density at radius 3 is 2.53 bits per heavy atom. The highest BCUT2D eigenvalue weighted by Crippen LogP contribution is 2.43. The smallest absolute Gasteiger partial charge is 0.344 e. The highest BCUT2D eigenvalue weighted by molar-refractivity contribution is 7.99. The fourth-order valence-corrected chi connectivity index (χ4v) is 4.98. The highest BCUT2D eigenvalue weighted by atomic mass is 35.5. The van der Waals surface area contributed by atoms with Crippen molar-refractivity contribution in [2.45, 2.75) is 43.4 Å². The van der Waals surface area contributed by atoms with Crippen LogP contribution in [-0.4, -0.2) is 28.4 Å². The lowest BCUT2D eigenvalue weighted by Crippen LogP contribution is -2.27. The van der Waals surface area contributed by atoms with Crippen LogP contribution in [0.2, 0.25) is 5.02 Å². The van der Waals surface area contributed by atoms with E-state index in [1.807, 2.05) is 82.3 Å². The number of aromatic amines is 1. The summed E-state index contributed by atoms with van der Waals surface area (Å²) in [5.41, 5.74) is 3.47. The van der Waals surface area contributed by atoms with Crippen molar-refractivity contribution in [1.29, 1.82) is 0 Å². The molecule has 1 unspecified atom stereocenters. The number of hydrogen-bond donors (Lipinski definition) is 1. The molecule has 0 saturated carbocycles. The van der Waals surface area contributed by atoms with Crippen molar-refractivity contribution in [3.63, 3.8) is 0 Å². The molecule has 3 aromatic carbocycles. The predicted octanol–water partition coefficient (Wildman–Crippen LogP) is 7.13. The van der Waals surface area contributed by atoms with Gasteiger partial charge >= 0.3 is 5.97 Å². The first kappa shape index (κ1) is 24.2. The minimum Gasteiger partial charge on any atom is -0.482 e. The molecule has 0 amide bonds. The maximum atomic E-state index is 12.0. The number of nitrogens with zero attached hydrogens (tertiary/aromatic N) is 1. The van der Waals surface area contributed by atoms with Gasteiger partial charge in [-0.3, -0.25) is 5.10 Å². The molecule has 5 nitrogen and oxygen atoms in total. The Morgan fingerprint density at radius 2 is 1.82 bits per heavy atom. The third-order valence-electron chi connectivity index (χ3n) is 5.09. The first-order chi connectivity index (χ1) is 16.2. The maximum absolute atomic E-state index is 12.0. The van der Waals surface area contributed by atoms with E-state index in [1.54, 1.807) is 11.8 Å². The third kappa shape index (κ3) is 5.93. The average molecular weight is 495 g/mol. The molecule has 1 heterocycles. The molecular weight excluding hydrogens is 468 g/mol. The van der Waals surface area contributed by atoms with Gasteiger partial charge in [-0.25, -0.2) is 4.79 Å². The number of carbonyl (C=O) groups excluding carboxylic acids is 1. The summed E-state index contributed by atoms with van der Waals surface area (Å²) in [6.07, 6.45) is 0. The number of thioether (sulfide) groups is 1. The van der Waals surface area contributed by atoms with Gasteiger partial charge in [0, 0.05) is 15.3 Å². The van der Waals surface area contributed by atoms with Crippen LogP contribution in [0.5, 0.6) is 5.75 Å². The number of halogens is 1. The summed E-state index contributed by atoms with van der Waals surface area (Å²) >= 11 is 7.85. The van der Waals surface area contributed by atoms with Gasteiger partial charge in [-0.05, 0) is 75.2 Å². The van der Waals surface area contributed by atoms with E-state index in [-0.39, 0.29) is 11.9 Å². The molecule has 0 bridgehead atoms. The number of carbonyl (C=O) groups is 1. The maximum Gasteiger partial charge on any atom is 0.344 e. The molecule has 1 N–H and O–H groups in total. The van der Waals surface area contributed by atoms with E-state index < -0.39 is 11.6 Å². The van der Waals surface area contributed by atoms with Gasteiger partial charge in [0.15, 0.2) is 6.61 Å². The number of aryl methyl sites for hydroxylation is 1. The molecule has 0 aliphatic rings. The van der Waals surface area contributed by atoms with Gasteiger partial charge in [0.2, 0.25) is 0 Å². The first-order valence-electron chi connectivity index (χ1n) is 11.0. The van der Waals surface area contributed by atoms with Crippen molar-refractivity contribution < 1.29 is 14.3 Å². The van der Waals surface area contributed by atoms with Crippen molar-refractivity contribution >= 4 is 40.2 Å². The number of esters is 1. The zero-order chi connectivity index (χ0) is 24.3. The van der Waals surface area contributed by atoms with Gasteiger partial charge in [-0.15, -0.1) is 11.8 Å². The Bertz CT molecular complexity index is 1300. The number of aromatic nitrogens is 2. The van der Waals surface area contributed by atoms with Crippen LogP contribution in [0.1, 0.15) is 42.8 Å². The summed E-state index contributed by atoms with van der Waals surface area (Å²) in [5, 5.41) is 9.54. The number of ether oxygens (including phenoxy) is 2. The summed E-state index contributed by atoms with van der Waals surface area (Å²) in [6, 6.07) is 21.9. The van der Waals surface area contributed by atoms with Crippen LogP contribution in [0, 0.1) is 6.92 Å². The number of benzene rings is 3. The summed E-state index contributed by atoms with van der Waals surface area (Å²) < 4.78 is 11.0. The van der Waals surface area contributed by atoms with E-state index in [4.69, 9.17) is 21.1 Å². The largest absolute Gasteiger partial charge is 0.482 e. The number of fused-ring (bicyclic) bond motifs is 1. The Labute approximate surface area is 208 Å². The zero-order valence-corrected chi connectivity index (χ0v) is 21.2. The van der Waals surface area contributed by atoms with Crippen molar-refractivity contribution in [2.75, 3.05) is 6.61 Å². The van der Waals surface area contributed by atoms with Crippen LogP contribution in [0.4, 0.5) is 0 Å². The molecule has 1 atom stereocenters. The molecule has 1 aromatic heterocycles. The van der Waals surface area contributed by atoms with Crippen molar-refractivity contribution in [1.82, 2.24) is 10.2 Å². The lowest BCUT2D eigenvalue weighted by atomic mass is 10.1. The number of para-hydroxylation sites is 1. The SMILES string of the molecule is Cc1cc(SC(c2ccc(Cl)cc2)c2n[nH]c3ccccc23)ccc1OCC(=O)OC(C)(C)C. The van der Waals surface area contributed by atoms with Crippen molar-refractivity contribution in [3.05, 3.63) is 88.6 Å². The van der Waals surface area contributed by atoms with Gasteiger partial charge in [0.05, 0.1) is 16.5 Å². The zero-order valence-electron chi connectivity index (χ0n) is 19.6. The lowest BCUT2D eigenvalue weighted by Gasteiger charge is -2.20. The molecule has 176 valence electrons. The Morgan fingerprint density at radius 1 is 1.09 bits per heavy atom. The lowest BCUT2D eigenvalue weighted by molar-refractivity contribution is -0.157. The molecule has 34 heavy (non-hydrogen) atoms. The van der Waals surface area contributed by atoms with E-state index >= 15 is 0 Å². The topological polar surface area (TPSA) is 64.2 Å². The minimum atomic E-state index is -0.539. The van der Waals surface area contributed by atoms with Gasteiger partial charge in [0.25, 0.3) is 0 Å². The Hall–Kier alpha value is -2.96. The van der Waals surface area contributed by atoms with Crippen LogP contribution in [-0.2, 0) is 9.53 Å². The summed E-state index contributed by atoms with van der Waals surface area (Å²) in [7, 11) is 0. The molecule has 0 aliphatic carbocycles. The molecule has 0 aliphatic heterocycles. The van der Waals surface area contributed by atoms with Crippen LogP contribution in [0.3, 0.4) is 0 Å². The van der Waals surface area contributed by atoms with E-state index in [0.717, 1.165) is 32.6 Å². The molecule has 7 heteroatoms. The number of nitrogens with one attached hydrogen (secondary N) is 1. The minimum absolute atomic E-state index is 0.0404. The van der Waals surface area contributed by atoms with E-state index in [2.05, 4.69) is 22.3 Å². The van der Waals surface area contributed by atoms with Crippen LogP contribution in [0.25, 0.3) is 10.9 Å². The molecule has 4 rings (SSSR count). The van der Waals surface area contributed by atoms with Crippen LogP contribution < -0.4 is 4.74 Å². The molecule has 0 fully saturated rings. The van der Waals surface area contributed by atoms with Gasteiger partial charge in [-0.2, -0.15) is 5.10 Å². The van der Waals surface area contributed by atoms with Gasteiger partial charge in [-0.1, -0.05) is 41.9 Å². The highest BCUT2D eigenvalue weighted by Gasteiger charge is 2.22. The summed E-state index contributed by atoms with van der Waals surface area (Å²) in [6.45, 7) is 7.35. The molecular formula is C27H27ClN2O3S. The number of hydrogen-bond acceptors (Lipinski definition) is 5. The van der Waals surface area contributed by atoms with Crippen molar-refractivity contribution in [3.8, 4) is 5.75 Å². The number of H-pyrrole nitrogens is 1. The third-order valence-corrected chi connectivity index (χ3v) is 6.60. The van der Waals surface area contributed by atoms with E-state index in [9.17, 15) is 4.79 Å². The molecule has 0 radical (unpaired) electrons. The second-order valence-electron chi connectivity index (χ2n) is 9.01. The Balaban J connectivity index is 1.58. The fourth-order valence-electron chi connectivity index (χ4n) is 3.60. The normalized spacial score (nSPS) is 12.5. The number of rotatable bonds is 7. The van der Waals surface area contributed by atoms with Crippen LogP contribution >= 0.6 is 23.4 Å².